The van der Waals surface area contributed by atoms with Crippen LogP contribution in [0.3, 0.4) is 0 Å². The van der Waals surface area contributed by atoms with E-state index < -0.39 is 0 Å². The summed E-state index contributed by atoms with van der Waals surface area (Å²) in [6, 6.07) is 12.7. The minimum Gasteiger partial charge on any atom is -0.493 e. The lowest BCUT2D eigenvalue weighted by molar-refractivity contribution is 0.319. The maximum Gasteiger partial charge on any atom is 0.126 e. The molecule has 2 heteroatoms. The highest BCUT2D eigenvalue weighted by Gasteiger charge is 2.10. The first-order valence-electron chi connectivity index (χ1n) is 7.13. The van der Waals surface area contributed by atoms with E-state index in [1.165, 1.54) is 11.1 Å². The predicted octanol–water partition coefficient (Wildman–Crippen LogP) is 4.77. The Morgan fingerprint density at radius 3 is 1.70 bits per heavy atom. The minimum atomic E-state index is 0.657. The molecular formula is C18H22O2. The van der Waals surface area contributed by atoms with Gasteiger partial charge < -0.3 is 9.47 Å². The fraction of sp³-hybridized carbons (Fsp3) is 0.333. The van der Waals surface area contributed by atoms with Crippen molar-refractivity contribution in [3.8, 4) is 22.6 Å². The van der Waals surface area contributed by atoms with Crippen LogP contribution < -0.4 is 9.47 Å². The average molecular weight is 270 g/mol. The van der Waals surface area contributed by atoms with Crippen LogP contribution in [0.1, 0.15) is 25.0 Å². The fourth-order valence-corrected chi connectivity index (χ4v) is 2.19. The van der Waals surface area contributed by atoms with Crippen LogP contribution in [0.2, 0.25) is 0 Å². The van der Waals surface area contributed by atoms with Gasteiger partial charge in [-0.1, -0.05) is 29.8 Å². The molecule has 0 heterocycles. The van der Waals surface area contributed by atoms with Crippen LogP contribution in [0.15, 0.2) is 36.4 Å². The summed E-state index contributed by atoms with van der Waals surface area (Å²) in [5.41, 5.74) is 4.63. The van der Waals surface area contributed by atoms with Gasteiger partial charge in [-0.3, -0.25) is 0 Å². The Morgan fingerprint density at radius 2 is 1.25 bits per heavy atom. The molecule has 2 rings (SSSR count). The van der Waals surface area contributed by atoms with Gasteiger partial charge >= 0.3 is 0 Å². The van der Waals surface area contributed by atoms with Crippen molar-refractivity contribution in [1.29, 1.82) is 0 Å². The molecule has 0 aliphatic rings. The molecule has 0 saturated carbocycles. The van der Waals surface area contributed by atoms with E-state index >= 15 is 0 Å². The number of ether oxygens (including phenoxy) is 2. The highest BCUT2D eigenvalue weighted by molar-refractivity contribution is 5.69. The Hall–Kier alpha value is -1.96. The first kappa shape index (κ1) is 14.4. The van der Waals surface area contributed by atoms with Crippen LogP contribution >= 0.6 is 0 Å². The van der Waals surface area contributed by atoms with Crippen molar-refractivity contribution in [1.82, 2.24) is 0 Å². The summed E-state index contributed by atoms with van der Waals surface area (Å²) in [5.74, 6) is 1.79. The molecule has 0 spiro atoms. The molecule has 0 radical (unpaired) electrons. The van der Waals surface area contributed by atoms with E-state index in [0.717, 1.165) is 22.6 Å². The highest BCUT2D eigenvalue weighted by atomic mass is 16.5. The van der Waals surface area contributed by atoms with Crippen molar-refractivity contribution in [2.45, 2.75) is 27.7 Å². The zero-order chi connectivity index (χ0) is 14.5. The third kappa shape index (κ3) is 3.13. The Morgan fingerprint density at radius 1 is 0.750 bits per heavy atom. The van der Waals surface area contributed by atoms with Gasteiger partial charge in [-0.2, -0.15) is 0 Å². The lowest BCUT2D eigenvalue weighted by atomic mass is 10.0. The zero-order valence-corrected chi connectivity index (χ0v) is 12.7. The van der Waals surface area contributed by atoms with E-state index in [9.17, 15) is 0 Å². The molecule has 2 nitrogen and oxygen atoms in total. The first-order valence-corrected chi connectivity index (χ1v) is 7.13. The number of hydrogen-bond acceptors (Lipinski definition) is 2. The SMILES string of the molecule is CCOc1cc(-c2ccc(C)cc2)cc(OCC)c1C. The Balaban J connectivity index is 2.49. The molecule has 0 aromatic heterocycles. The van der Waals surface area contributed by atoms with Crippen LogP contribution in [-0.4, -0.2) is 13.2 Å². The van der Waals surface area contributed by atoms with E-state index in [1.54, 1.807) is 0 Å². The van der Waals surface area contributed by atoms with Crippen LogP contribution in [0, 0.1) is 13.8 Å². The summed E-state index contributed by atoms with van der Waals surface area (Å²) >= 11 is 0. The normalized spacial score (nSPS) is 10.4. The van der Waals surface area contributed by atoms with Crippen molar-refractivity contribution < 1.29 is 9.47 Å². The monoisotopic (exact) mass is 270 g/mol. The molecule has 0 unspecified atom stereocenters. The second kappa shape index (κ2) is 6.47. The highest BCUT2D eigenvalue weighted by Crippen LogP contribution is 2.34. The molecule has 2 aromatic carbocycles. The zero-order valence-electron chi connectivity index (χ0n) is 12.7. The summed E-state index contributed by atoms with van der Waals surface area (Å²) in [6.45, 7) is 9.44. The number of aryl methyl sites for hydroxylation is 1. The topological polar surface area (TPSA) is 18.5 Å². The van der Waals surface area contributed by atoms with Crippen LogP contribution in [0.25, 0.3) is 11.1 Å². The van der Waals surface area contributed by atoms with Gasteiger partial charge in [0.25, 0.3) is 0 Å². The maximum atomic E-state index is 5.73. The lowest BCUT2D eigenvalue weighted by Crippen LogP contribution is -1.99. The van der Waals surface area contributed by atoms with Crippen LogP contribution in [0.4, 0.5) is 0 Å². The number of hydrogen-bond donors (Lipinski definition) is 0. The minimum absolute atomic E-state index is 0.657. The molecule has 0 saturated heterocycles. The summed E-state index contributed by atoms with van der Waals surface area (Å²) in [5, 5.41) is 0. The Kier molecular flexibility index (Phi) is 4.67. The van der Waals surface area contributed by atoms with E-state index in [0.29, 0.717) is 13.2 Å². The largest absolute Gasteiger partial charge is 0.493 e. The number of rotatable bonds is 5. The molecule has 0 aliphatic heterocycles. The number of benzene rings is 2. The third-order valence-electron chi connectivity index (χ3n) is 3.30. The summed E-state index contributed by atoms with van der Waals surface area (Å²) in [6.07, 6.45) is 0. The second-order valence-corrected chi connectivity index (χ2v) is 4.83. The second-order valence-electron chi connectivity index (χ2n) is 4.83. The summed E-state index contributed by atoms with van der Waals surface area (Å²) in [7, 11) is 0. The predicted molar refractivity (Wildman–Crippen MR) is 83.7 cm³/mol. The molecule has 20 heavy (non-hydrogen) atoms. The van der Waals surface area contributed by atoms with Crippen molar-refractivity contribution in [3.05, 3.63) is 47.5 Å². The molecular weight excluding hydrogens is 248 g/mol. The van der Waals surface area contributed by atoms with Crippen LogP contribution in [0.5, 0.6) is 11.5 Å². The van der Waals surface area contributed by atoms with Gasteiger partial charge in [0.05, 0.1) is 13.2 Å². The summed E-state index contributed by atoms with van der Waals surface area (Å²) in [4.78, 5) is 0. The molecule has 0 amide bonds. The van der Waals surface area contributed by atoms with Crippen LogP contribution in [-0.2, 0) is 0 Å². The molecule has 0 N–H and O–H groups in total. The standard InChI is InChI=1S/C18H22O2/c1-5-19-17-11-16(12-18(14(17)4)20-6-2)15-9-7-13(3)8-10-15/h7-12H,5-6H2,1-4H3. The third-order valence-corrected chi connectivity index (χ3v) is 3.30. The van der Waals surface area contributed by atoms with Crippen molar-refractivity contribution in [2.24, 2.45) is 0 Å². The fourth-order valence-electron chi connectivity index (χ4n) is 2.19. The molecule has 0 fully saturated rings. The molecule has 0 aliphatic carbocycles. The van der Waals surface area contributed by atoms with Gasteiger partial charge in [0.1, 0.15) is 11.5 Å². The average Bonchev–Trinajstić information content (AvgIpc) is 2.44. The van der Waals surface area contributed by atoms with Crippen molar-refractivity contribution >= 4 is 0 Å². The summed E-state index contributed by atoms with van der Waals surface area (Å²) < 4.78 is 11.5. The molecule has 106 valence electrons. The van der Waals surface area contributed by atoms with Gasteiger partial charge in [0.2, 0.25) is 0 Å². The molecule has 0 bridgehead atoms. The maximum absolute atomic E-state index is 5.73. The van der Waals surface area contributed by atoms with E-state index in [4.69, 9.17) is 9.47 Å². The smallest absolute Gasteiger partial charge is 0.126 e. The quantitative estimate of drug-likeness (QED) is 0.779. The van der Waals surface area contributed by atoms with E-state index in [2.05, 4.69) is 43.3 Å². The molecule has 0 atom stereocenters. The Bertz CT molecular complexity index is 543. The van der Waals surface area contributed by atoms with Gasteiger partial charge in [-0.05, 0) is 51.0 Å². The van der Waals surface area contributed by atoms with Crippen molar-refractivity contribution in [3.63, 3.8) is 0 Å². The molecule has 2 aromatic rings. The van der Waals surface area contributed by atoms with Crippen molar-refractivity contribution in [2.75, 3.05) is 13.2 Å². The van der Waals surface area contributed by atoms with E-state index in [-0.39, 0.29) is 0 Å². The lowest BCUT2D eigenvalue weighted by Gasteiger charge is -2.15. The Labute approximate surface area is 121 Å². The van der Waals surface area contributed by atoms with Gasteiger partial charge in [-0.15, -0.1) is 0 Å². The van der Waals surface area contributed by atoms with E-state index in [1.807, 2.05) is 20.8 Å². The van der Waals surface area contributed by atoms with Gasteiger partial charge in [0, 0.05) is 5.56 Å². The van der Waals surface area contributed by atoms with Gasteiger partial charge in [0.15, 0.2) is 0 Å². The van der Waals surface area contributed by atoms with Gasteiger partial charge in [-0.25, -0.2) is 0 Å². The first-order chi connectivity index (χ1) is 9.65.